The molecule has 1 aliphatic carbocycles. The number of alkyl halides is 3. The molecule has 0 saturated heterocycles. The third-order valence-electron chi connectivity index (χ3n) is 5.46. The molecule has 30 heavy (non-hydrogen) atoms. The van der Waals surface area contributed by atoms with Crippen molar-refractivity contribution in [2.24, 2.45) is 16.5 Å². The van der Waals surface area contributed by atoms with Gasteiger partial charge in [0.1, 0.15) is 5.75 Å². The Bertz CT molecular complexity index is 1080. The topological polar surface area (TPSA) is 98.5 Å². The minimum Gasteiger partial charge on any atom is -0.495 e. The van der Waals surface area contributed by atoms with Crippen molar-refractivity contribution in [2.75, 3.05) is 12.4 Å². The van der Waals surface area contributed by atoms with Crippen molar-refractivity contribution >= 4 is 21.6 Å². The summed E-state index contributed by atoms with van der Waals surface area (Å²) in [7, 11) is -2.53. The Labute approximate surface area is 172 Å². The summed E-state index contributed by atoms with van der Waals surface area (Å²) in [5.74, 6) is -1.08. The van der Waals surface area contributed by atoms with Crippen LogP contribution in [0.3, 0.4) is 0 Å². The molecule has 1 saturated carbocycles. The number of carbonyl (C=O) groups excluding carboxylic acids is 1. The van der Waals surface area contributed by atoms with Gasteiger partial charge < -0.3 is 10.1 Å². The minimum atomic E-state index is -4.56. The van der Waals surface area contributed by atoms with Gasteiger partial charge in [-0.15, -0.1) is 0 Å². The van der Waals surface area contributed by atoms with E-state index in [2.05, 4.69) is 5.32 Å². The van der Waals surface area contributed by atoms with Crippen molar-refractivity contribution in [1.82, 2.24) is 0 Å². The monoisotopic (exact) mass is 442 g/mol. The van der Waals surface area contributed by atoms with E-state index in [1.165, 1.54) is 19.2 Å². The number of halogens is 3. The van der Waals surface area contributed by atoms with Crippen LogP contribution < -0.4 is 15.2 Å². The van der Waals surface area contributed by atoms with Crippen LogP contribution >= 0.6 is 0 Å². The first-order chi connectivity index (χ1) is 13.8. The fraction of sp³-hybridized carbons (Fsp3) is 0.350. The van der Waals surface area contributed by atoms with Crippen molar-refractivity contribution in [2.45, 2.75) is 30.8 Å². The lowest BCUT2D eigenvalue weighted by Gasteiger charge is -2.14. The van der Waals surface area contributed by atoms with Crippen molar-refractivity contribution in [3.8, 4) is 5.75 Å². The van der Waals surface area contributed by atoms with Crippen LogP contribution in [0, 0.1) is 11.3 Å². The van der Waals surface area contributed by atoms with Crippen molar-refractivity contribution < 1.29 is 31.1 Å². The lowest BCUT2D eigenvalue weighted by atomic mass is 10.0. The molecule has 0 aliphatic heterocycles. The zero-order valence-electron chi connectivity index (χ0n) is 16.4. The molecule has 0 heterocycles. The van der Waals surface area contributed by atoms with Gasteiger partial charge >= 0.3 is 6.18 Å². The second kappa shape index (κ2) is 7.28. The summed E-state index contributed by atoms with van der Waals surface area (Å²) in [6.45, 7) is 3.72. The molecule has 162 valence electrons. The number of methoxy groups -OCH3 is 1. The van der Waals surface area contributed by atoms with E-state index < -0.39 is 39.0 Å². The van der Waals surface area contributed by atoms with Crippen LogP contribution in [-0.4, -0.2) is 21.4 Å². The Kier molecular flexibility index (Phi) is 5.36. The normalized spacial score (nSPS) is 20.5. The molecule has 0 aromatic heterocycles. The van der Waals surface area contributed by atoms with E-state index in [0.29, 0.717) is 0 Å². The Morgan fingerprint density at radius 2 is 1.73 bits per heavy atom. The molecule has 2 aromatic carbocycles. The zero-order chi connectivity index (χ0) is 22.5. The van der Waals surface area contributed by atoms with Gasteiger partial charge in [-0.05, 0) is 41.3 Å². The number of hydrogen-bond acceptors (Lipinski definition) is 4. The maximum atomic E-state index is 13.0. The number of rotatable bonds is 5. The number of nitrogens with one attached hydrogen (secondary N) is 1. The molecule has 3 rings (SSSR count). The van der Waals surface area contributed by atoms with Gasteiger partial charge in [0.25, 0.3) is 0 Å². The summed E-state index contributed by atoms with van der Waals surface area (Å²) in [6, 6.07) is 8.77. The van der Waals surface area contributed by atoms with E-state index in [1.807, 2.05) is 13.8 Å². The molecule has 1 aliphatic rings. The molecule has 0 spiro atoms. The molecule has 0 bridgehead atoms. The van der Waals surface area contributed by atoms with E-state index in [1.54, 1.807) is 12.1 Å². The fourth-order valence-electron chi connectivity index (χ4n) is 3.81. The van der Waals surface area contributed by atoms with E-state index in [9.17, 15) is 26.4 Å². The van der Waals surface area contributed by atoms with E-state index in [-0.39, 0.29) is 22.3 Å². The Morgan fingerprint density at radius 1 is 1.13 bits per heavy atom. The van der Waals surface area contributed by atoms with E-state index >= 15 is 0 Å². The molecule has 0 radical (unpaired) electrons. The molecule has 2 atom stereocenters. The first-order valence-corrected chi connectivity index (χ1v) is 10.5. The third-order valence-corrected chi connectivity index (χ3v) is 6.39. The SMILES string of the molecule is COc1ccc(C(F)(F)F)cc1NC(=O)[C@@H]1[C@@H](c2ccc(S(N)(=O)=O)cc2)C1(C)C. The van der Waals surface area contributed by atoms with Crippen LogP contribution in [0.2, 0.25) is 0 Å². The Morgan fingerprint density at radius 3 is 2.23 bits per heavy atom. The molecule has 10 heteroatoms. The molecule has 2 aromatic rings. The second-order valence-electron chi connectivity index (χ2n) is 7.79. The van der Waals surface area contributed by atoms with Crippen molar-refractivity contribution in [3.05, 3.63) is 53.6 Å². The maximum absolute atomic E-state index is 13.0. The largest absolute Gasteiger partial charge is 0.495 e. The van der Waals surface area contributed by atoms with Gasteiger partial charge in [0.2, 0.25) is 15.9 Å². The lowest BCUT2D eigenvalue weighted by Crippen LogP contribution is -2.18. The predicted molar refractivity (Wildman–Crippen MR) is 104 cm³/mol. The van der Waals surface area contributed by atoms with Crippen LogP contribution in [-0.2, 0) is 21.0 Å². The first-order valence-electron chi connectivity index (χ1n) is 8.95. The maximum Gasteiger partial charge on any atom is 0.416 e. The highest BCUT2D eigenvalue weighted by molar-refractivity contribution is 7.89. The Hall–Kier alpha value is -2.59. The molecule has 1 fully saturated rings. The van der Waals surface area contributed by atoms with Gasteiger partial charge in [0.15, 0.2) is 0 Å². The van der Waals surface area contributed by atoms with Gasteiger partial charge in [0, 0.05) is 5.92 Å². The van der Waals surface area contributed by atoms with E-state index in [0.717, 1.165) is 23.8 Å². The quantitative estimate of drug-likeness (QED) is 0.737. The number of carbonyl (C=O) groups is 1. The van der Waals surface area contributed by atoms with Crippen LogP contribution in [0.15, 0.2) is 47.4 Å². The molecular weight excluding hydrogens is 421 g/mol. The van der Waals surface area contributed by atoms with Gasteiger partial charge in [-0.2, -0.15) is 13.2 Å². The summed E-state index contributed by atoms with van der Waals surface area (Å²) in [6.07, 6.45) is -4.56. The summed E-state index contributed by atoms with van der Waals surface area (Å²) >= 11 is 0. The van der Waals surface area contributed by atoms with Crippen LogP contribution in [0.5, 0.6) is 5.75 Å². The Balaban J connectivity index is 1.84. The number of ether oxygens (including phenoxy) is 1. The summed E-state index contributed by atoms with van der Waals surface area (Å²) in [5.41, 5.74) is -0.696. The predicted octanol–water partition coefficient (Wildman–Crippen LogP) is 3.74. The van der Waals surface area contributed by atoms with Crippen LogP contribution in [0.1, 0.15) is 30.9 Å². The highest BCUT2D eigenvalue weighted by atomic mass is 32.2. The summed E-state index contributed by atoms with van der Waals surface area (Å²) in [5, 5.41) is 7.65. The molecule has 0 unspecified atom stereocenters. The average Bonchev–Trinajstić information content (AvgIpc) is 3.22. The molecular formula is C20H21F3N2O4S. The van der Waals surface area contributed by atoms with Crippen LogP contribution in [0.4, 0.5) is 18.9 Å². The number of anilines is 1. The number of nitrogens with two attached hydrogens (primary N) is 1. The zero-order valence-corrected chi connectivity index (χ0v) is 17.3. The summed E-state index contributed by atoms with van der Waals surface area (Å²) in [4.78, 5) is 12.8. The molecule has 6 nitrogen and oxygen atoms in total. The fourth-order valence-corrected chi connectivity index (χ4v) is 4.32. The number of benzene rings is 2. The van der Waals surface area contributed by atoms with Gasteiger partial charge in [-0.25, -0.2) is 13.6 Å². The standard InChI is InChI=1S/C20H21F3N2O4S/c1-19(2)16(11-4-7-13(8-5-11)30(24,27)28)17(19)18(26)25-14-10-12(20(21,22)23)6-9-15(14)29-3/h4-10,16-17H,1-3H3,(H,25,26)(H2,24,27,28)/t16-,17+/m1/s1. The van der Waals surface area contributed by atoms with Gasteiger partial charge in [-0.3, -0.25) is 4.79 Å². The second-order valence-corrected chi connectivity index (χ2v) is 9.35. The summed E-state index contributed by atoms with van der Waals surface area (Å²) < 4.78 is 67.0. The number of primary sulfonamides is 1. The smallest absolute Gasteiger partial charge is 0.416 e. The van der Waals surface area contributed by atoms with Gasteiger partial charge in [-0.1, -0.05) is 26.0 Å². The number of hydrogen-bond donors (Lipinski definition) is 2. The van der Waals surface area contributed by atoms with Crippen molar-refractivity contribution in [3.63, 3.8) is 0 Å². The first kappa shape index (κ1) is 22.1. The van der Waals surface area contributed by atoms with Crippen molar-refractivity contribution in [1.29, 1.82) is 0 Å². The number of amides is 1. The van der Waals surface area contributed by atoms with E-state index in [4.69, 9.17) is 9.88 Å². The number of sulfonamides is 1. The van der Waals surface area contributed by atoms with Crippen LogP contribution in [0.25, 0.3) is 0 Å². The molecule has 1 amide bonds. The highest BCUT2D eigenvalue weighted by Crippen LogP contribution is 2.64. The molecule has 3 N–H and O–H groups in total. The lowest BCUT2D eigenvalue weighted by molar-refractivity contribution is -0.137. The minimum absolute atomic E-state index is 0.0422. The van der Waals surface area contributed by atoms with Gasteiger partial charge in [0.05, 0.1) is 29.2 Å². The highest BCUT2D eigenvalue weighted by Gasteiger charge is 2.62. The average molecular weight is 442 g/mol. The third kappa shape index (κ3) is 4.15.